The fraction of sp³-hybridized carbons (Fsp3) is 0.538. The minimum absolute atomic E-state index is 0.0168. The first-order valence-corrected chi connectivity index (χ1v) is 6.39. The number of hydrogen-bond donors (Lipinski definition) is 1. The number of hydrogen-bond acceptors (Lipinski definition) is 5. The number of benzene rings is 1. The molecule has 0 amide bonds. The van der Waals surface area contributed by atoms with E-state index in [-0.39, 0.29) is 29.0 Å². The van der Waals surface area contributed by atoms with E-state index < -0.39 is 9.85 Å². The quantitative estimate of drug-likeness (QED) is 0.654. The molecule has 1 rings (SSSR count). The van der Waals surface area contributed by atoms with Gasteiger partial charge in [0.05, 0.1) is 9.85 Å². The SMILES string of the molecule is Cc1c(C(C)C)cc([N+](=O)[O-])c(NC(C)C)c1[N+](=O)[O-]. The van der Waals surface area contributed by atoms with Crippen LogP contribution in [0.3, 0.4) is 0 Å². The maximum Gasteiger partial charge on any atom is 0.302 e. The van der Waals surface area contributed by atoms with Crippen LogP contribution in [0.5, 0.6) is 0 Å². The third kappa shape index (κ3) is 3.04. The zero-order valence-electron chi connectivity index (χ0n) is 12.3. The molecule has 0 aliphatic heterocycles. The van der Waals surface area contributed by atoms with Gasteiger partial charge in [-0.2, -0.15) is 0 Å². The Balaban J connectivity index is 3.73. The predicted molar refractivity (Wildman–Crippen MR) is 77.3 cm³/mol. The summed E-state index contributed by atoms with van der Waals surface area (Å²) in [5.41, 5.74) is 0.615. The largest absolute Gasteiger partial charge is 0.372 e. The maximum absolute atomic E-state index is 11.3. The lowest BCUT2D eigenvalue weighted by atomic mass is 9.94. The van der Waals surface area contributed by atoms with Crippen molar-refractivity contribution in [3.05, 3.63) is 37.4 Å². The summed E-state index contributed by atoms with van der Waals surface area (Å²) in [5, 5.41) is 25.4. The van der Waals surface area contributed by atoms with Gasteiger partial charge in [-0.1, -0.05) is 13.8 Å². The van der Waals surface area contributed by atoms with E-state index >= 15 is 0 Å². The highest BCUT2D eigenvalue weighted by Gasteiger charge is 2.31. The van der Waals surface area contributed by atoms with Crippen molar-refractivity contribution in [3.8, 4) is 0 Å². The van der Waals surface area contributed by atoms with Crippen LogP contribution in [-0.2, 0) is 0 Å². The first kappa shape index (κ1) is 15.9. The highest BCUT2D eigenvalue weighted by molar-refractivity contribution is 5.78. The summed E-state index contributed by atoms with van der Waals surface area (Å²) < 4.78 is 0. The first-order chi connectivity index (χ1) is 9.16. The smallest absolute Gasteiger partial charge is 0.302 e. The predicted octanol–water partition coefficient (Wildman–Crippen LogP) is 3.76. The van der Waals surface area contributed by atoms with Crippen molar-refractivity contribution >= 4 is 17.1 Å². The zero-order valence-corrected chi connectivity index (χ0v) is 12.3. The fourth-order valence-corrected chi connectivity index (χ4v) is 2.18. The normalized spacial score (nSPS) is 10.9. The monoisotopic (exact) mass is 281 g/mol. The maximum atomic E-state index is 11.3. The summed E-state index contributed by atoms with van der Waals surface area (Å²) >= 11 is 0. The van der Waals surface area contributed by atoms with Crippen LogP contribution < -0.4 is 5.32 Å². The lowest BCUT2D eigenvalue weighted by molar-refractivity contribution is -0.392. The Morgan fingerprint density at radius 2 is 1.65 bits per heavy atom. The van der Waals surface area contributed by atoms with Gasteiger partial charge in [-0.25, -0.2) is 0 Å². The van der Waals surface area contributed by atoms with Crippen LogP contribution in [0.15, 0.2) is 6.07 Å². The molecule has 0 bridgehead atoms. The molecule has 0 aliphatic carbocycles. The zero-order chi connectivity index (χ0) is 15.6. The second-order valence-corrected chi connectivity index (χ2v) is 5.30. The van der Waals surface area contributed by atoms with E-state index in [4.69, 9.17) is 0 Å². The molecule has 7 nitrogen and oxygen atoms in total. The topological polar surface area (TPSA) is 98.3 Å². The standard InChI is InChI=1S/C13H19N3O4/c1-7(2)10-6-11(15(17)18)12(14-8(3)4)13(9(10)5)16(19)20/h6-8,14H,1-5H3. The Hall–Kier alpha value is -2.18. The van der Waals surface area contributed by atoms with Crippen LogP contribution in [0.2, 0.25) is 0 Å². The average molecular weight is 281 g/mol. The number of nitro benzene ring substituents is 2. The fourth-order valence-electron chi connectivity index (χ4n) is 2.18. The van der Waals surface area contributed by atoms with Gasteiger partial charge >= 0.3 is 5.69 Å². The summed E-state index contributed by atoms with van der Waals surface area (Å²) in [6.07, 6.45) is 0. The molecule has 0 heterocycles. The average Bonchev–Trinajstić information content (AvgIpc) is 2.26. The molecule has 0 aromatic heterocycles. The molecule has 1 aromatic rings. The summed E-state index contributed by atoms with van der Waals surface area (Å²) in [7, 11) is 0. The van der Waals surface area contributed by atoms with Crippen molar-refractivity contribution < 1.29 is 9.85 Å². The molecular formula is C13H19N3O4. The van der Waals surface area contributed by atoms with E-state index in [0.29, 0.717) is 11.1 Å². The van der Waals surface area contributed by atoms with Crippen LogP contribution in [-0.4, -0.2) is 15.9 Å². The Bertz CT molecular complexity index is 553. The van der Waals surface area contributed by atoms with Gasteiger partial charge in [0, 0.05) is 17.7 Å². The van der Waals surface area contributed by atoms with Gasteiger partial charge in [0.2, 0.25) is 0 Å². The molecule has 20 heavy (non-hydrogen) atoms. The van der Waals surface area contributed by atoms with Gasteiger partial charge in [-0.05, 0) is 32.3 Å². The van der Waals surface area contributed by atoms with E-state index in [2.05, 4.69) is 5.32 Å². The summed E-state index contributed by atoms with van der Waals surface area (Å²) in [5.74, 6) is -0.0273. The van der Waals surface area contributed by atoms with Gasteiger partial charge in [-0.3, -0.25) is 20.2 Å². The third-order valence-electron chi connectivity index (χ3n) is 3.01. The Morgan fingerprint density at radius 1 is 1.10 bits per heavy atom. The lowest BCUT2D eigenvalue weighted by Gasteiger charge is -2.16. The van der Waals surface area contributed by atoms with E-state index in [9.17, 15) is 20.2 Å². The minimum Gasteiger partial charge on any atom is -0.372 e. The van der Waals surface area contributed by atoms with Crippen LogP contribution in [0.1, 0.15) is 44.7 Å². The van der Waals surface area contributed by atoms with E-state index in [1.54, 1.807) is 20.8 Å². The Morgan fingerprint density at radius 3 is 2.00 bits per heavy atom. The van der Waals surface area contributed by atoms with Gasteiger partial charge < -0.3 is 5.32 Å². The number of rotatable bonds is 5. The van der Waals surface area contributed by atoms with Gasteiger partial charge in [0.25, 0.3) is 5.69 Å². The molecule has 0 radical (unpaired) electrons. The lowest BCUT2D eigenvalue weighted by Crippen LogP contribution is -2.14. The van der Waals surface area contributed by atoms with Crippen molar-refractivity contribution in [2.45, 2.75) is 46.6 Å². The molecule has 0 saturated heterocycles. The third-order valence-corrected chi connectivity index (χ3v) is 3.01. The molecule has 7 heteroatoms. The second kappa shape index (κ2) is 5.85. The summed E-state index contributed by atoms with van der Waals surface area (Å²) in [4.78, 5) is 21.4. The molecule has 1 N–H and O–H groups in total. The van der Waals surface area contributed by atoms with Crippen molar-refractivity contribution in [2.75, 3.05) is 5.32 Å². The molecule has 110 valence electrons. The molecule has 0 fully saturated rings. The van der Waals surface area contributed by atoms with Gasteiger partial charge in [0.1, 0.15) is 0 Å². The molecule has 0 spiro atoms. The summed E-state index contributed by atoms with van der Waals surface area (Å²) in [6, 6.07) is 1.29. The molecule has 0 aliphatic rings. The van der Waals surface area contributed by atoms with Gasteiger partial charge in [0.15, 0.2) is 5.69 Å². The molecule has 1 aromatic carbocycles. The van der Waals surface area contributed by atoms with E-state index in [0.717, 1.165) is 0 Å². The van der Waals surface area contributed by atoms with Crippen molar-refractivity contribution in [1.29, 1.82) is 0 Å². The molecule has 0 unspecified atom stereocenters. The van der Waals surface area contributed by atoms with Crippen LogP contribution in [0, 0.1) is 27.2 Å². The number of nitrogens with one attached hydrogen (secondary N) is 1. The van der Waals surface area contributed by atoms with Crippen LogP contribution in [0.25, 0.3) is 0 Å². The highest BCUT2D eigenvalue weighted by atomic mass is 16.6. The van der Waals surface area contributed by atoms with Crippen LogP contribution in [0.4, 0.5) is 17.1 Å². The highest BCUT2D eigenvalue weighted by Crippen LogP contribution is 2.41. The molecule has 0 saturated carbocycles. The van der Waals surface area contributed by atoms with Gasteiger partial charge in [-0.15, -0.1) is 0 Å². The van der Waals surface area contributed by atoms with Crippen LogP contribution >= 0.6 is 0 Å². The molecule has 0 atom stereocenters. The van der Waals surface area contributed by atoms with Crippen molar-refractivity contribution in [3.63, 3.8) is 0 Å². The number of nitrogens with zero attached hydrogens (tertiary/aromatic N) is 2. The van der Waals surface area contributed by atoms with Crippen molar-refractivity contribution in [1.82, 2.24) is 0 Å². The Labute approximate surface area is 117 Å². The summed E-state index contributed by atoms with van der Waals surface area (Å²) in [6.45, 7) is 8.89. The Kier molecular flexibility index (Phi) is 4.65. The number of anilines is 1. The number of nitro groups is 2. The minimum atomic E-state index is -0.580. The molecular weight excluding hydrogens is 262 g/mol. The second-order valence-electron chi connectivity index (χ2n) is 5.30. The van der Waals surface area contributed by atoms with Crippen molar-refractivity contribution in [2.24, 2.45) is 0 Å². The first-order valence-electron chi connectivity index (χ1n) is 6.39. The van der Waals surface area contributed by atoms with E-state index in [1.807, 2.05) is 13.8 Å². The van der Waals surface area contributed by atoms with E-state index in [1.165, 1.54) is 6.07 Å².